The van der Waals surface area contributed by atoms with Crippen molar-refractivity contribution in [1.29, 1.82) is 0 Å². The van der Waals surface area contributed by atoms with Crippen molar-refractivity contribution in [3.8, 4) is 0 Å². The van der Waals surface area contributed by atoms with Gasteiger partial charge in [0, 0.05) is 26.2 Å². The van der Waals surface area contributed by atoms with Crippen molar-refractivity contribution < 1.29 is 26.7 Å². The maximum Gasteiger partial charge on any atom is 2.00 e. The Hall–Kier alpha value is 0.254. The van der Waals surface area contributed by atoms with Crippen LogP contribution in [0.3, 0.4) is 0 Å². The van der Waals surface area contributed by atoms with Crippen molar-refractivity contribution in [2.45, 2.75) is 12.2 Å². The van der Waals surface area contributed by atoms with Crippen molar-refractivity contribution in [3.05, 3.63) is 0 Å². The molecule has 0 spiro atoms. The Labute approximate surface area is 88.6 Å². The molecule has 84 valence electrons. The van der Waals surface area contributed by atoms with Gasteiger partial charge in [0.05, 0.1) is 12.2 Å². The van der Waals surface area contributed by atoms with Gasteiger partial charge in [-0.25, -0.2) is 0 Å². The molecule has 0 aliphatic heterocycles. The number of aliphatic hydroxyl groups excluding tert-OH is 2. The van der Waals surface area contributed by atoms with Gasteiger partial charge in [-0.15, -0.1) is 0 Å². The first-order chi connectivity index (χ1) is 5.62. The molecule has 0 aliphatic carbocycles. The molecule has 0 aromatic heterocycles. The van der Waals surface area contributed by atoms with Crippen molar-refractivity contribution in [2.24, 2.45) is 22.9 Å². The second-order valence-corrected chi connectivity index (χ2v) is 2.25. The van der Waals surface area contributed by atoms with Crippen LogP contribution in [0.4, 0.5) is 0 Å². The van der Waals surface area contributed by atoms with Crippen molar-refractivity contribution in [3.63, 3.8) is 0 Å². The molecular formula is C6H20N4NiO2+2. The molecule has 10 N–H and O–H groups in total. The van der Waals surface area contributed by atoms with Gasteiger partial charge in [-0.2, -0.15) is 0 Å². The third-order valence-corrected chi connectivity index (χ3v) is 1.09. The first-order valence-electron chi connectivity index (χ1n) is 3.78. The van der Waals surface area contributed by atoms with Gasteiger partial charge < -0.3 is 33.1 Å². The predicted molar refractivity (Wildman–Crippen MR) is 48.2 cm³/mol. The Kier molecular flexibility index (Phi) is 21.5. The second-order valence-electron chi connectivity index (χ2n) is 2.25. The molecule has 0 saturated carbocycles. The van der Waals surface area contributed by atoms with Gasteiger partial charge in [0.1, 0.15) is 0 Å². The van der Waals surface area contributed by atoms with Crippen LogP contribution < -0.4 is 22.9 Å². The number of hydrogen-bond donors (Lipinski definition) is 6. The molecule has 0 atom stereocenters. The molecule has 0 aliphatic rings. The topological polar surface area (TPSA) is 145 Å². The molecule has 0 rings (SSSR count). The van der Waals surface area contributed by atoms with Crippen LogP contribution in [-0.4, -0.2) is 48.6 Å². The molecule has 7 heteroatoms. The van der Waals surface area contributed by atoms with Crippen LogP contribution in [0.1, 0.15) is 0 Å². The van der Waals surface area contributed by atoms with E-state index in [-0.39, 0.29) is 42.7 Å². The third-order valence-electron chi connectivity index (χ3n) is 1.09. The number of rotatable bonds is 4. The zero-order chi connectivity index (χ0) is 9.98. The Morgan fingerprint density at radius 3 is 0.846 bits per heavy atom. The van der Waals surface area contributed by atoms with Gasteiger partial charge in [0.25, 0.3) is 0 Å². The van der Waals surface area contributed by atoms with Crippen LogP contribution in [0.15, 0.2) is 0 Å². The average Bonchev–Trinajstić information content (AvgIpc) is 2.16. The Morgan fingerprint density at radius 2 is 0.846 bits per heavy atom. The van der Waals surface area contributed by atoms with E-state index in [0.29, 0.717) is 0 Å². The third kappa shape index (κ3) is 18.9. The van der Waals surface area contributed by atoms with E-state index in [4.69, 9.17) is 33.1 Å². The van der Waals surface area contributed by atoms with Crippen LogP contribution >= 0.6 is 0 Å². The smallest absolute Gasteiger partial charge is 0.390 e. The van der Waals surface area contributed by atoms with Gasteiger partial charge >= 0.3 is 16.5 Å². The van der Waals surface area contributed by atoms with Gasteiger partial charge in [0.2, 0.25) is 0 Å². The summed E-state index contributed by atoms with van der Waals surface area (Å²) in [6.07, 6.45) is -1.02. The molecule has 0 bridgehead atoms. The molecule has 0 heterocycles. The SMILES string of the molecule is NCC(O)CN.NCC(O)CN.[Ni+2]. The van der Waals surface area contributed by atoms with E-state index in [2.05, 4.69) is 0 Å². The number of hydrogen-bond acceptors (Lipinski definition) is 6. The van der Waals surface area contributed by atoms with Gasteiger partial charge in [-0.3, -0.25) is 0 Å². The van der Waals surface area contributed by atoms with E-state index in [9.17, 15) is 0 Å². The normalized spacial score (nSPS) is 9.23. The van der Waals surface area contributed by atoms with Gasteiger partial charge in [0.15, 0.2) is 0 Å². The molecule has 0 aromatic rings. The first kappa shape index (κ1) is 18.9. The Bertz CT molecular complexity index is 71.0. The fourth-order valence-corrected chi connectivity index (χ4v) is 0.192. The van der Waals surface area contributed by atoms with E-state index >= 15 is 0 Å². The summed E-state index contributed by atoms with van der Waals surface area (Å²) in [4.78, 5) is 0. The summed E-state index contributed by atoms with van der Waals surface area (Å²) >= 11 is 0. The minimum Gasteiger partial charge on any atom is -0.390 e. The van der Waals surface area contributed by atoms with Crippen LogP contribution in [0.2, 0.25) is 0 Å². The maximum atomic E-state index is 8.42. The summed E-state index contributed by atoms with van der Waals surface area (Å²) in [5.41, 5.74) is 19.8. The summed E-state index contributed by atoms with van der Waals surface area (Å²) in [6.45, 7) is 1.04. The molecule has 0 saturated heterocycles. The first-order valence-corrected chi connectivity index (χ1v) is 3.78. The van der Waals surface area contributed by atoms with E-state index in [0.717, 1.165) is 0 Å². The zero-order valence-corrected chi connectivity index (χ0v) is 8.49. The van der Waals surface area contributed by atoms with Crippen LogP contribution in [-0.2, 0) is 16.5 Å². The van der Waals surface area contributed by atoms with Gasteiger partial charge in [-0.1, -0.05) is 0 Å². The largest absolute Gasteiger partial charge is 2.00 e. The summed E-state index contributed by atoms with van der Waals surface area (Å²) in [5.74, 6) is 0. The van der Waals surface area contributed by atoms with E-state index in [1.54, 1.807) is 0 Å². The van der Waals surface area contributed by atoms with Crippen molar-refractivity contribution in [1.82, 2.24) is 0 Å². The van der Waals surface area contributed by atoms with Crippen molar-refractivity contribution >= 4 is 0 Å². The quantitative estimate of drug-likeness (QED) is 0.281. The summed E-state index contributed by atoms with van der Waals surface area (Å²) in [7, 11) is 0. The standard InChI is InChI=1S/2C3H10N2O.Ni/c2*4-1-3(6)2-5;/h2*3,6H,1-2,4-5H2;/q;;+2. The fraction of sp³-hybridized carbons (Fsp3) is 1.00. The maximum absolute atomic E-state index is 8.42. The van der Waals surface area contributed by atoms with Crippen molar-refractivity contribution in [2.75, 3.05) is 26.2 Å². The van der Waals surface area contributed by atoms with Crippen LogP contribution in [0.5, 0.6) is 0 Å². The molecular weight excluding hydrogens is 219 g/mol. The number of nitrogens with two attached hydrogens (primary N) is 4. The van der Waals surface area contributed by atoms with Crippen LogP contribution in [0.25, 0.3) is 0 Å². The molecule has 13 heavy (non-hydrogen) atoms. The number of aliphatic hydroxyl groups is 2. The molecule has 0 aromatic carbocycles. The average molecular weight is 239 g/mol. The molecule has 0 unspecified atom stereocenters. The minimum atomic E-state index is -0.509. The monoisotopic (exact) mass is 238 g/mol. The van der Waals surface area contributed by atoms with Crippen LogP contribution in [0, 0.1) is 0 Å². The summed E-state index contributed by atoms with van der Waals surface area (Å²) in [5, 5.41) is 16.8. The fourth-order valence-electron chi connectivity index (χ4n) is 0.192. The summed E-state index contributed by atoms with van der Waals surface area (Å²) < 4.78 is 0. The molecule has 0 amide bonds. The van der Waals surface area contributed by atoms with Gasteiger partial charge in [-0.05, 0) is 0 Å². The Balaban J connectivity index is -0.000000143. The molecule has 0 radical (unpaired) electrons. The minimum absolute atomic E-state index is 0. The zero-order valence-electron chi connectivity index (χ0n) is 7.50. The predicted octanol–water partition coefficient (Wildman–Crippen LogP) is -3.47. The summed E-state index contributed by atoms with van der Waals surface area (Å²) in [6, 6.07) is 0. The van der Waals surface area contributed by atoms with E-state index < -0.39 is 12.2 Å². The molecule has 0 fully saturated rings. The van der Waals surface area contributed by atoms with E-state index in [1.807, 2.05) is 0 Å². The molecule has 6 nitrogen and oxygen atoms in total. The second kappa shape index (κ2) is 14.8. The van der Waals surface area contributed by atoms with E-state index in [1.165, 1.54) is 0 Å². The Morgan fingerprint density at radius 1 is 0.692 bits per heavy atom.